The van der Waals surface area contributed by atoms with Crippen LogP contribution in [0.3, 0.4) is 0 Å². The van der Waals surface area contributed by atoms with Gasteiger partial charge in [0.05, 0.1) is 5.69 Å². The lowest BCUT2D eigenvalue weighted by Crippen LogP contribution is -1.98. The average Bonchev–Trinajstić information content (AvgIpc) is 2.55. The van der Waals surface area contributed by atoms with Crippen molar-refractivity contribution in [1.82, 2.24) is 9.78 Å². The molecule has 1 heterocycles. The third kappa shape index (κ3) is 3.38. The molecule has 4 heteroatoms. The first-order valence-corrected chi connectivity index (χ1v) is 5.42. The van der Waals surface area contributed by atoms with E-state index < -0.39 is 5.97 Å². The fourth-order valence-corrected chi connectivity index (χ4v) is 1.54. The summed E-state index contributed by atoms with van der Waals surface area (Å²) in [5.41, 5.74) is 0.906. The Kier molecular flexibility index (Phi) is 4.34. The van der Waals surface area contributed by atoms with Gasteiger partial charge in [-0.3, -0.25) is 4.68 Å². The zero-order valence-corrected chi connectivity index (χ0v) is 9.36. The van der Waals surface area contributed by atoms with E-state index in [1.165, 1.54) is 19.3 Å². The number of carboxylic acids is 1. The molecule has 4 nitrogen and oxygen atoms in total. The lowest BCUT2D eigenvalue weighted by Gasteiger charge is -1.99. The quantitative estimate of drug-likeness (QED) is 0.734. The van der Waals surface area contributed by atoms with Crippen molar-refractivity contribution < 1.29 is 9.90 Å². The summed E-state index contributed by atoms with van der Waals surface area (Å²) in [5.74, 6) is -0.896. The minimum Gasteiger partial charge on any atom is -0.478 e. The molecular weight excluding hydrogens is 192 g/mol. The second-order valence-electron chi connectivity index (χ2n) is 3.76. The maximum atomic E-state index is 10.8. The topological polar surface area (TPSA) is 55.1 Å². The molecule has 0 saturated carbocycles. The largest absolute Gasteiger partial charge is 0.478 e. The van der Waals surface area contributed by atoms with Crippen LogP contribution in [-0.2, 0) is 6.54 Å². The second kappa shape index (κ2) is 5.53. The van der Waals surface area contributed by atoms with E-state index in [9.17, 15) is 4.79 Å². The first-order valence-electron chi connectivity index (χ1n) is 5.42. The van der Waals surface area contributed by atoms with Crippen molar-refractivity contribution in [2.45, 2.75) is 46.1 Å². The molecule has 0 unspecified atom stereocenters. The molecule has 0 saturated heterocycles. The maximum absolute atomic E-state index is 10.8. The molecule has 0 aromatic carbocycles. The molecule has 0 radical (unpaired) electrons. The van der Waals surface area contributed by atoms with Crippen molar-refractivity contribution >= 4 is 5.97 Å². The van der Waals surface area contributed by atoms with Gasteiger partial charge in [0.15, 0.2) is 0 Å². The van der Waals surface area contributed by atoms with Gasteiger partial charge in [0.25, 0.3) is 0 Å². The Morgan fingerprint density at radius 1 is 1.47 bits per heavy atom. The summed E-state index contributed by atoms with van der Waals surface area (Å²) in [4.78, 5) is 10.8. The van der Waals surface area contributed by atoms with Gasteiger partial charge >= 0.3 is 5.97 Å². The molecule has 1 rings (SSSR count). The highest BCUT2D eigenvalue weighted by Gasteiger charge is 2.10. The van der Waals surface area contributed by atoms with Crippen molar-refractivity contribution in [3.05, 3.63) is 17.5 Å². The van der Waals surface area contributed by atoms with Crippen molar-refractivity contribution in [2.24, 2.45) is 0 Å². The number of rotatable bonds is 6. The Morgan fingerprint density at radius 3 is 2.73 bits per heavy atom. The fraction of sp³-hybridized carbons (Fsp3) is 0.636. The van der Waals surface area contributed by atoms with Gasteiger partial charge in [0.2, 0.25) is 0 Å². The van der Waals surface area contributed by atoms with Gasteiger partial charge in [0, 0.05) is 12.7 Å². The molecule has 0 atom stereocenters. The zero-order valence-electron chi connectivity index (χ0n) is 9.36. The maximum Gasteiger partial charge on any atom is 0.339 e. The summed E-state index contributed by atoms with van der Waals surface area (Å²) in [6, 6.07) is 0. The molecule has 0 fully saturated rings. The van der Waals surface area contributed by atoms with Gasteiger partial charge in [-0.1, -0.05) is 26.2 Å². The minimum atomic E-state index is -0.896. The van der Waals surface area contributed by atoms with E-state index in [4.69, 9.17) is 5.11 Å². The van der Waals surface area contributed by atoms with Gasteiger partial charge in [-0.05, 0) is 13.3 Å². The molecule has 15 heavy (non-hydrogen) atoms. The molecule has 1 aromatic heterocycles. The molecule has 1 N–H and O–H groups in total. The van der Waals surface area contributed by atoms with Crippen LogP contribution < -0.4 is 0 Å². The third-order valence-corrected chi connectivity index (χ3v) is 2.42. The van der Waals surface area contributed by atoms with E-state index in [1.807, 2.05) is 0 Å². The first kappa shape index (κ1) is 11.8. The van der Waals surface area contributed by atoms with Gasteiger partial charge in [-0.15, -0.1) is 0 Å². The van der Waals surface area contributed by atoms with E-state index in [-0.39, 0.29) is 0 Å². The molecule has 84 valence electrons. The summed E-state index contributed by atoms with van der Waals surface area (Å²) in [7, 11) is 0. The van der Waals surface area contributed by atoms with E-state index in [0.29, 0.717) is 11.3 Å². The number of carboxylic acid groups (broad SMARTS) is 1. The Morgan fingerprint density at radius 2 is 2.20 bits per heavy atom. The van der Waals surface area contributed by atoms with Crippen LogP contribution in [0, 0.1) is 6.92 Å². The van der Waals surface area contributed by atoms with Gasteiger partial charge in [0.1, 0.15) is 5.56 Å². The molecule has 0 aliphatic heterocycles. The van der Waals surface area contributed by atoms with E-state index in [2.05, 4.69) is 12.0 Å². The first-order chi connectivity index (χ1) is 7.15. The van der Waals surface area contributed by atoms with Crippen molar-refractivity contribution in [3.8, 4) is 0 Å². The van der Waals surface area contributed by atoms with Crippen LogP contribution in [0.4, 0.5) is 0 Å². The van der Waals surface area contributed by atoms with Crippen LogP contribution >= 0.6 is 0 Å². The highest BCUT2D eigenvalue weighted by Crippen LogP contribution is 2.07. The van der Waals surface area contributed by atoms with Crippen LogP contribution in [0.1, 0.15) is 48.7 Å². The Bertz CT molecular complexity index is 331. The normalized spacial score (nSPS) is 10.5. The number of aromatic carboxylic acids is 1. The Labute approximate surface area is 89.9 Å². The number of nitrogens with zero attached hydrogens (tertiary/aromatic N) is 2. The number of aryl methyl sites for hydroxylation is 2. The second-order valence-corrected chi connectivity index (χ2v) is 3.76. The van der Waals surface area contributed by atoms with Crippen LogP contribution in [0.5, 0.6) is 0 Å². The lowest BCUT2D eigenvalue weighted by atomic mass is 10.2. The minimum absolute atomic E-state index is 0.311. The third-order valence-electron chi connectivity index (χ3n) is 2.42. The number of carbonyl (C=O) groups is 1. The van der Waals surface area contributed by atoms with E-state index >= 15 is 0 Å². The average molecular weight is 210 g/mol. The predicted molar refractivity (Wildman–Crippen MR) is 58.1 cm³/mol. The highest BCUT2D eigenvalue weighted by molar-refractivity contribution is 5.88. The molecule has 0 amide bonds. The summed E-state index contributed by atoms with van der Waals surface area (Å²) >= 11 is 0. The lowest BCUT2D eigenvalue weighted by molar-refractivity contribution is 0.0696. The van der Waals surface area contributed by atoms with Gasteiger partial charge < -0.3 is 5.11 Å². The van der Waals surface area contributed by atoms with E-state index in [1.54, 1.807) is 17.8 Å². The van der Waals surface area contributed by atoms with E-state index in [0.717, 1.165) is 13.0 Å². The van der Waals surface area contributed by atoms with Crippen LogP contribution in [0.25, 0.3) is 0 Å². The zero-order chi connectivity index (χ0) is 11.3. The molecule has 0 aliphatic rings. The van der Waals surface area contributed by atoms with Crippen molar-refractivity contribution in [3.63, 3.8) is 0 Å². The number of aromatic nitrogens is 2. The van der Waals surface area contributed by atoms with Gasteiger partial charge in [-0.2, -0.15) is 5.10 Å². The SMILES string of the molecule is CCCCCCn1cc(C(=O)O)c(C)n1. The molecule has 0 aliphatic carbocycles. The summed E-state index contributed by atoms with van der Waals surface area (Å²) in [5, 5.41) is 13.0. The van der Waals surface area contributed by atoms with Crippen LogP contribution in [0.2, 0.25) is 0 Å². The highest BCUT2D eigenvalue weighted by atomic mass is 16.4. The van der Waals surface area contributed by atoms with Crippen LogP contribution in [0.15, 0.2) is 6.20 Å². The Balaban J connectivity index is 2.48. The number of hydrogen-bond acceptors (Lipinski definition) is 2. The van der Waals surface area contributed by atoms with Crippen molar-refractivity contribution in [2.75, 3.05) is 0 Å². The number of unbranched alkanes of at least 4 members (excludes halogenated alkanes) is 3. The fourth-order valence-electron chi connectivity index (χ4n) is 1.54. The summed E-state index contributed by atoms with van der Waals surface area (Å²) < 4.78 is 1.73. The van der Waals surface area contributed by atoms with Gasteiger partial charge in [-0.25, -0.2) is 4.79 Å². The molecular formula is C11H18N2O2. The summed E-state index contributed by atoms with van der Waals surface area (Å²) in [6.45, 7) is 4.71. The monoisotopic (exact) mass is 210 g/mol. The predicted octanol–water partition coefficient (Wildman–Crippen LogP) is 2.47. The molecule has 1 aromatic rings. The smallest absolute Gasteiger partial charge is 0.339 e. The van der Waals surface area contributed by atoms with Crippen LogP contribution in [-0.4, -0.2) is 20.9 Å². The standard InChI is InChI=1S/C11H18N2O2/c1-3-4-5-6-7-13-8-10(11(14)15)9(2)12-13/h8H,3-7H2,1-2H3,(H,14,15). The van der Waals surface area contributed by atoms with Crippen molar-refractivity contribution in [1.29, 1.82) is 0 Å². The number of hydrogen-bond donors (Lipinski definition) is 1. The molecule has 0 bridgehead atoms. The Hall–Kier alpha value is -1.32. The summed E-state index contributed by atoms with van der Waals surface area (Å²) in [6.07, 6.45) is 6.29. The molecule has 0 spiro atoms.